The van der Waals surface area contributed by atoms with Crippen LogP contribution in [0.15, 0.2) is 18.5 Å². The number of rotatable bonds is 4. The molecule has 1 aromatic heterocycles. The fourth-order valence-electron chi connectivity index (χ4n) is 1.57. The summed E-state index contributed by atoms with van der Waals surface area (Å²) in [6, 6.07) is 2.91. The maximum Gasteiger partial charge on any atom is 0.261 e. The fourth-order valence-corrected chi connectivity index (χ4v) is 2.15. The average Bonchev–Trinajstić information content (AvgIpc) is 2.37. The number of hydrogen-bond donors (Lipinski definition) is 2. The van der Waals surface area contributed by atoms with Gasteiger partial charge in [0.15, 0.2) is 11.6 Å². The Kier molecular flexibility index (Phi) is 4.69. The Morgan fingerprint density at radius 1 is 1.24 bits per heavy atom. The Labute approximate surface area is 131 Å². The maximum atomic E-state index is 14.2. The molecule has 0 amide bonds. The summed E-state index contributed by atoms with van der Waals surface area (Å²) >= 11 is 12.0. The van der Waals surface area contributed by atoms with Gasteiger partial charge >= 0.3 is 0 Å². The number of ether oxygens (including phenoxy) is 1. The van der Waals surface area contributed by atoms with Gasteiger partial charge in [-0.1, -0.05) is 23.2 Å². The van der Waals surface area contributed by atoms with Crippen LogP contribution in [0.2, 0.25) is 10.0 Å². The molecule has 0 saturated carbocycles. The van der Waals surface area contributed by atoms with E-state index in [9.17, 15) is 4.39 Å². The summed E-state index contributed by atoms with van der Waals surface area (Å²) in [6.45, 7) is 3.71. The standard InChI is InChI=1S/C13H13Cl2FN4O/c1-6(2)20-12-10(16)13(19-5-18-12)21-11-8(14)3-7(17)4-9(11)15/h3-6H,17H2,1-2H3,(H,18,19,20). The predicted molar refractivity (Wildman–Crippen MR) is 81.7 cm³/mol. The van der Waals surface area contributed by atoms with E-state index in [4.69, 9.17) is 33.7 Å². The molecular formula is C13H13Cl2FN4O. The minimum atomic E-state index is -0.727. The zero-order valence-electron chi connectivity index (χ0n) is 11.3. The Balaban J connectivity index is 2.36. The first-order valence-electron chi connectivity index (χ1n) is 6.08. The number of hydrogen-bond acceptors (Lipinski definition) is 5. The van der Waals surface area contributed by atoms with Crippen LogP contribution in [-0.2, 0) is 0 Å². The van der Waals surface area contributed by atoms with Crippen LogP contribution in [0.4, 0.5) is 15.9 Å². The summed E-state index contributed by atoms with van der Waals surface area (Å²) in [5, 5.41) is 3.17. The highest BCUT2D eigenvalue weighted by molar-refractivity contribution is 6.37. The van der Waals surface area contributed by atoms with Crippen LogP contribution >= 0.6 is 23.2 Å². The number of benzene rings is 1. The van der Waals surface area contributed by atoms with Crippen molar-refractivity contribution in [3.05, 3.63) is 34.3 Å². The number of halogens is 3. The molecular weight excluding hydrogens is 318 g/mol. The van der Waals surface area contributed by atoms with E-state index in [-0.39, 0.29) is 33.5 Å². The quantitative estimate of drug-likeness (QED) is 0.825. The van der Waals surface area contributed by atoms with Gasteiger partial charge in [-0.15, -0.1) is 0 Å². The Bertz CT molecular complexity index is 644. The first kappa shape index (κ1) is 15.6. The molecule has 2 aromatic rings. The molecule has 0 fully saturated rings. The first-order chi connectivity index (χ1) is 9.88. The number of anilines is 2. The van der Waals surface area contributed by atoms with Gasteiger partial charge in [0, 0.05) is 11.7 Å². The second-order valence-corrected chi connectivity index (χ2v) is 5.37. The van der Waals surface area contributed by atoms with Crippen molar-refractivity contribution in [2.45, 2.75) is 19.9 Å². The highest BCUT2D eigenvalue weighted by atomic mass is 35.5. The van der Waals surface area contributed by atoms with Gasteiger partial charge < -0.3 is 15.8 Å². The average molecular weight is 331 g/mol. The Morgan fingerprint density at radius 2 is 1.86 bits per heavy atom. The molecule has 8 heteroatoms. The molecule has 3 N–H and O–H groups in total. The molecule has 0 aliphatic carbocycles. The highest BCUT2D eigenvalue weighted by Crippen LogP contribution is 2.38. The molecule has 1 heterocycles. The smallest absolute Gasteiger partial charge is 0.261 e. The van der Waals surface area contributed by atoms with Crippen molar-refractivity contribution in [3.8, 4) is 11.6 Å². The third kappa shape index (κ3) is 3.65. The van der Waals surface area contributed by atoms with Crippen molar-refractivity contribution in [1.29, 1.82) is 0 Å². The van der Waals surface area contributed by atoms with Crippen molar-refractivity contribution < 1.29 is 9.13 Å². The van der Waals surface area contributed by atoms with Gasteiger partial charge in [-0.25, -0.2) is 4.98 Å². The molecule has 2 rings (SSSR count). The van der Waals surface area contributed by atoms with Crippen LogP contribution in [0, 0.1) is 5.82 Å². The zero-order chi connectivity index (χ0) is 15.6. The van der Waals surface area contributed by atoms with E-state index < -0.39 is 5.82 Å². The molecule has 0 unspecified atom stereocenters. The number of nitrogens with one attached hydrogen (secondary N) is 1. The lowest BCUT2D eigenvalue weighted by Gasteiger charge is -2.13. The summed E-state index contributed by atoms with van der Waals surface area (Å²) in [7, 11) is 0. The fraction of sp³-hybridized carbons (Fsp3) is 0.231. The number of nitrogens with zero attached hydrogens (tertiary/aromatic N) is 2. The lowest BCUT2D eigenvalue weighted by Crippen LogP contribution is -2.13. The molecule has 5 nitrogen and oxygen atoms in total. The van der Waals surface area contributed by atoms with Crippen LogP contribution in [0.5, 0.6) is 11.6 Å². The van der Waals surface area contributed by atoms with Gasteiger partial charge in [0.05, 0.1) is 10.0 Å². The van der Waals surface area contributed by atoms with Gasteiger partial charge in [-0.05, 0) is 26.0 Å². The highest BCUT2D eigenvalue weighted by Gasteiger charge is 2.17. The number of aromatic nitrogens is 2. The molecule has 0 atom stereocenters. The van der Waals surface area contributed by atoms with Gasteiger partial charge in [0.25, 0.3) is 5.88 Å². The predicted octanol–water partition coefficient (Wildman–Crippen LogP) is 4.12. The third-order valence-corrected chi connectivity index (χ3v) is 2.96. The summed E-state index contributed by atoms with van der Waals surface area (Å²) in [4.78, 5) is 7.57. The van der Waals surface area contributed by atoms with Crippen LogP contribution in [0.25, 0.3) is 0 Å². The van der Waals surface area contributed by atoms with Crippen molar-refractivity contribution in [2.24, 2.45) is 0 Å². The van der Waals surface area contributed by atoms with Crippen molar-refractivity contribution in [1.82, 2.24) is 9.97 Å². The molecule has 0 spiro atoms. The van der Waals surface area contributed by atoms with Crippen LogP contribution in [-0.4, -0.2) is 16.0 Å². The lowest BCUT2D eigenvalue weighted by molar-refractivity contribution is 0.421. The topological polar surface area (TPSA) is 73.1 Å². The Hall–Kier alpha value is -1.79. The SMILES string of the molecule is CC(C)Nc1ncnc(Oc2c(Cl)cc(N)cc2Cl)c1F. The normalized spacial score (nSPS) is 10.8. The summed E-state index contributed by atoms with van der Waals surface area (Å²) < 4.78 is 19.6. The zero-order valence-corrected chi connectivity index (χ0v) is 12.8. The molecule has 112 valence electrons. The van der Waals surface area contributed by atoms with E-state index in [1.54, 1.807) is 0 Å². The third-order valence-electron chi connectivity index (χ3n) is 2.40. The Morgan fingerprint density at radius 3 is 2.43 bits per heavy atom. The minimum Gasteiger partial charge on any atom is -0.433 e. The van der Waals surface area contributed by atoms with E-state index >= 15 is 0 Å². The van der Waals surface area contributed by atoms with E-state index in [0.717, 1.165) is 0 Å². The summed E-state index contributed by atoms with van der Waals surface area (Å²) in [6.07, 6.45) is 1.18. The van der Waals surface area contributed by atoms with E-state index in [1.165, 1.54) is 18.5 Å². The maximum absolute atomic E-state index is 14.2. The van der Waals surface area contributed by atoms with Crippen molar-refractivity contribution >= 4 is 34.7 Å². The van der Waals surface area contributed by atoms with Gasteiger partial charge in [-0.3, -0.25) is 0 Å². The van der Waals surface area contributed by atoms with Gasteiger partial charge in [0.2, 0.25) is 5.82 Å². The van der Waals surface area contributed by atoms with Gasteiger partial charge in [-0.2, -0.15) is 9.37 Å². The molecule has 21 heavy (non-hydrogen) atoms. The second kappa shape index (κ2) is 6.32. The molecule has 0 bridgehead atoms. The second-order valence-electron chi connectivity index (χ2n) is 4.56. The molecule has 0 saturated heterocycles. The van der Waals surface area contributed by atoms with E-state index in [1.807, 2.05) is 13.8 Å². The molecule has 0 aliphatic heterocycles. The van der Waals surface area contributed by atoms with Crippen LogP contribution in [0.3, 0.4) is 0 Å². The summed E-state index contributed by atoms with van der Waals surface area (Å²) in [5.41, 5.74) is 5.97. The number of nitrogens with two attached hydrogens (primary N) is 1. The van der Waals surface area contributed by atoms with Crippen LogP contribution in [0.1, 0.15) is 13.8 Å². The minimum absolute atomic E-state index is 0.00551. The number of nitrogen functional groups attached to an aromatic ring is 1. The van der Waals surface area contributed by atoms with Crippen molar-refractivity contribution in [2.75, 3.05) is 11.1 Å². The molecule has 0 radical (unpaired) electrons. The largest absolute Gasteiger partial charge is 0.433 e. The van der Waals surface area contributed by atoms with E-state index in [0.29, 0.717) is 5.69 Å². The van der Waals surface area contributed by atoms with Gasteiger partial charge in [0.1, 0.15) is 6.33 Å². The van der Waals surface area contributed by atoms with Crippen LogP contribution < -0.4 is 15.8 Å². The lowest BCUT2D eigenvalue weighted by atomic mass is 10.3. The van der Waals surface area contributed by atoms with Crippen molar-refractivity contribution in [3.63, 3.8) is 0 Å². The van der Waals surface area contributed by atoms with E-state index in [2.05, 4.69) is 15.3 Å². The molecule has 1 aromatic carbocycles. The first-order valence-corrected chi connectivity index (χ1v) is 6.83. The monoisotopic (exact) mass is 330 g/mol. The summed E-state index contributed by atoms with van der Waals surface area (Å²) in [5.74, 6) is -0.879. The molecule has 0 aliphatic rings.